The monoisotopic (exact) mass is 235 g/mol. The van der Waals surface area contributed by atoms with Gasteiger partial charge in [0.1, 0.15) is 0 Å². The maximum absolute atomic E-state index is 8.92. The molecule has 96 valence electrons. The molecule has 0 heterocycles. The van der Waals surface area contributed by atoms with E-state index in [2.05, 4.69) is 50.4 Å². The van der Waals surface area contributed by atoms with Crippen LogP contribution in [0.1, 0.15) is 38.8 Å². The first-order valence-electron chi connectivity index (χ1n) is 6.34. The number of hydrogen-bond acceptors (Lipinski definition) is 2. The highest BCUT2D eigenvalue weighted by Gasteiger charge is 2.12. The van der Waals surface area contributed by atoms with Crippen molar-refractivity contribution in [3.63, 3.8) is 0 Å². The lowest BCUT2D eigenvalue weighted by atomic mass is 9.87. The van der Waals surface area contributed by atoms with E-state index in [9.17, 15) is 0 Å². The predicted molar refractivity (Wildman–Crippen MR) is 73.1 cm³/mol. The first kappa shape index (κ1) is 14.2. The van der Waals surface area contributed by atoms with E-state index < -0.39 is 0 Å². The highest BCUT2D eigenvalue weighted by Crippen LogP contribution is 2.22. The highest BCUT2D eigenvalue weighted by atomic mass is 16.3. The standard InChI is InChI=1S/C15H25NO/c1-12(11-17)9-16-10-13-5-7-14(8-6-13)15(2,3)4/h5-8,12,16-17H,9-11H2,1-4H3. The fourth-order valence-electron chi connectivity index (χ4n) is 1.65. The maximum Gasteiger partial charge on any atom is 0.0468 e. The summed E-state index contributed by atoms with van der Waals surface area (Å²) < 4.78 is 0. The van der Waals surface area contributed by atoms with Crippen LogP contribution in [0.25, 0.3) is 0 Å². The normalized spacial score (nSPS) is 13.7. The van der Waals surface area contributed by atoms with E-state index in [0.29, 0.717) is 5.92 Å². The van der Waals surface area contributed by atoms with Crippen molar-refractivity contribution in [1.29, 1.82) is 0 Å². The largest absolute Gasteiger partial charge is 0.396 e. The molecule has 2 nitrogen and oxygen atoms in total. The molecule has 1 aromatic carbocycles. The van der Waals surface area contributed by atoms with Gasteiger partial charge in [-0.25, -0.2) is 0 Å². The lowest BCUT2D eigenvalue weighted by Crippen LogP contribution is -2.22. The van der Waals surface area contributed by atoms with Crippen LogP contribution < -0.4 is 5.32 Å². The molecule has 0 amide bonds. The second-order valence-corrected chi connectivity index (χ2v) is 5.87. The topological polar surface area (TPSA) is 32.3 Å². The van der Waals surface area contributed by atoms with Gasteiger partial charge in [-0.2, -0.15) is 0 Å². The zero-order valence-electron chi connectivity index (χ0n) is 11.5. The van der Waals surface area contributed by atoms with Crippen molar-refractivity contribution in [1.82, 2.24) is 5.32 Å². The summed E-state index contributed by atoms with van der Waals surface area (Å²) in [5.74, 6) is 0.323. The fourth-order valence-corrected chi connectivity index (χ4v) is 1.65. The van der Waals surface area contributed by atoms with Crippen LogP contribution in [-0.4, -0.2) is 18.3 Å². The Kier molecular flexibility index (Phi) is 5.16. The van der Waals surface area contributed by atoms with Gasteiger partial charge < -0.3 is 10.4 Å². The Labute approximate surface area is 105 Å². The van der Waals surface area contributed by atoms with Gasteiger partial charge in [0, 0.05) is 19.7 Å². The van der Waals surface area contributed by atoms with Crippen molar-refractivity contribution in [2.75, 3.05) is 13.2 Å². The maximum atomic E-state index is 8.92. The molecule has 0 radical (unpaired) electrons. The molecular weight excluding hydrogens is 210 g/mol. The van der Waals surface area contributed by atoms with E-state index in [1.54, 1.807) is 0 Å². The number of benzene rings is 1. The number of aliphatic hydroxyl groups excluding tert-OH is 1. The summed E-state index contributed by atoms with van der Waals surface area (Å²) in [6.07, 6.45) is 0. The summed E-state index contributed by atoms with van der Waals surface area (Å²) >= 11 is 0. The minimum Gasteiger partial charge on any atom is -0.396 e. The Balaban J connectivity index is 2.46. The van der Waals surface area contributed by atoms with Crippen LogP contribution in [0, 0.1) is 5.92 Å². The Morgan fingerprint density at radius 3 is 2.24 bits per heavy atom. The summed E-state index contributed by atoms with van der Waals surface area (Å²) in [4.78, 5) is 0. The Morgan fingerprint density at radius 2 is 1.76 bits per heavy atom. The lowest BCUT2D eigenvalue weighted by Gasteiger charge is -2.19. The van der Waals surface area contributed by atoms with Crippen LogP contribution in [-0.2, 0) is 12.0 Å². The molecule has 0 saturated carbocycles. The van der Waals surface area contributed by atoms with Crippen molar-refractivity contribution in [2.45, 2.75) is 39.7 Å². The molecule has 0 aliphatic rings. The minimum absolute atomic E-state index is 0.220. The molecular formula is C15H25NO. The molecule has 0 aliphatic heterocycles. The van der Waals surface area contributed by atoms with Gasteiger partial charge >= 0.3 is 0 Å². The van der Waals surface area contributed by atoms with E-state index in [0.717, 1.165) is 13.1 Å². The highest BCUT2D eigenvalue weighted by molar-refractivity contribution is 5.27. The van der Waals surface area contributed by atoms with Crippen LogP contribution in [0.3, 0.4) is 0 Å². The quantitative estimate of drug-likeness (QED) is 0.822. The minimum atomic E-state index is 0.220. The molecule has 1 unspecified atom stereocenters. The van der Waals surface area contributed by atoms with Crippen molar-refractivity contribution in [3.05, 3.63) is 35.4 Å². The molecule has 0 saturated heterocycles. The van der Waals surface area contributed by atoms with E-state index in [1.807, 2.05) is 6.92 Å². The number of hydrogen-bond donors (Lipinski definition) is 2. The predicted octanol–water partition coefficient (Wildman–Crippen LogP) is 2.70. The average molecular weight is 235 g/mol. The van der Waals surface area contributed by atoms with Gasteiger partial charge in [-0.3, -0.25) is 0 Å². The van der Waals surface area contributed by atoms with Crippen LogP contribution in [0.2, 0.25) is 0 Å². The van der Waals surface area contributed by atoms with Gasteiger partial charge in [0.2, 0.25) is 0 Å². The smallest absolute Gasteiger partial charge is 0.0468 e. The average Bonchev–Trinajstić information content (AvgIpc) is 2.28. The van der Waals surface area contributed by atoms with Crippen LogP contribution in [0.15, 0.2) is 24.3 Å². The van der Waals surface area contributed by atoms with Gasteiger partial charge in [-0.1, -0.05) is 52.0 Å². The van der Waals surface area contributed by atoms with Crippen molar-refractivity contribution in [3.8, 4) is 0 Å². The van der Waals surface area contributed by atoms with E-state index in [4.69, 9.17) is 5.11 Å². The third kappa shape index (κ3) is 4.88. The molecule has 0 spiro atoms. The molecule has 1 rings (SSSR count). The van der Waals surface area contributed by atoms with Crippen molar-refractivity contribution < 1.29 is 5.11 Å². The van der Waals surface area contributed by atoms with Crippen molar-refractivity contribution in [2.24, 2.45) is 5.92 Å². The Hall–Kier alpha value is -0.860. The summed E-state index contributed by atoms with van der Waals surface area (Å²) in [7, 11) is 0. The summed E-state index contributed by atoms with van der Waals surface area (Å²) in [6.45, 7) is 10.7. The zero-order chi connectivity index (χ0) is 12.9. The molecule has 0 aliphatic carbocycles. The second-order valence-electron chi connectivity index (χ2n) is 5.87. The van der Waals surface area contributed by atoms with Crippen molar-refractivity contribution >= 4 is 0 Å². The summed E-state index contributed by atoms with van der Waals surface area (Å²) in [5, 5.41) is 12.3. The third-order valence-electron chi connectivity index (χ3n) is 2.95. The van der Waals surface area contributed by atoms with Crippen LogP contribution >= 0.6 is 0 Å². The Morgan fingerprint density at radius 1 is 1.18 bits per heavy atom. The van der Waals surface area contributed by atoms with Crippen LogP contribution in [0.5, 0.6) is 0 Å². The molecule has 0 bridgehead atoms. The number of nitrogens with one attached hydrogen (secondary N) is 1. The summed E-state index contributed by atoms with van der Waals surface area (Å²) in [6, 6.07) is 8.76. The van der Waals surface area contributed by atoms with Gasteiger partial charge in [-0.05, 0) is 22.5 Å². The van der Waals surface area contributed by atoms with Crippen LogP contribution in [0.4, 0.5) is 0 Å². The number of aliphatic hydroxyl groups is 1. The molecule has 2 heteroatoms. The third-order valence-corrected chi connectivity index (χ3v) is 2.95. The van der Waals surface area contributed by atoms with Gasteiger partial charge in [0.05, 0.1) is 0 Å². The molecule has 17 heavy (non-hydrogen) atoms. The second kappa shape index (κ2) is 6.18. The Bertz CT molecular complexity index is 324. The first-order chi connectivity index (χ1) is 7.93. The molecule has 2 N–H and O–H groups in total. The first-order valence-corrected chi connectivity index (χ1v) is 6.34. The molecule has 0 fully saturated rings. The van der Waals surface area contributed by atoms with E-state index >= 15 is 0 Å². The van der Waals surface area contributed by atoms with E-state index in [1.165, 1.54) is 11.1 Å². The van der Waals surface area contributed by atoms with Gasteiger partial charge in [0.15, 0.2) is 0 Å². The van der Waals surface area contributed by atoms with E-state index in [-0.39, 0.29) is 12.0 Å². The summed E-state index contributed by atoms with van der Waals surface area (Å²) in [5.41, 5.74) is 2.88. The molecule has 1 atom stereocenters. The zero-order valence-corrected chi connectivity index (χ0v) is 11.5. The molecule has 0 aromatic heterocycles. The SMILES string of the molecule is CC(CO)CNCc1ccc(C(C)(C)C)cc1. The van der Waals surface area contributed by atoms with Gasteiger partial charge in [-0.15, -0.1) is 0 Å². The molecule has 1 aromatic rings. The lowest BCUT2D eigenvalue weighted by molar-refractivity contribution is 0.233. The number of rotatable bonds is 5. The fraction of sp³-hybridized carbons (Fsp3) is 0.600. The van der Waals surface area contributed by atoms with Gasteiger partial charge in [0.25, 0.3) is 0 Å².